The Balaban J connectivity index is 1.78. The van der Waals surface area contributed by atoms with Gasteiger partial charge >= 0.3 is 7.82 Å². The second-order valence-corrected chi connectivity index (χ2v) is 9.20. The van der Waals surface area contributed by atoms with Crippen LogP contribution < -0.4 is 5.73 Å². The topological polar surface area (TPSA) is 155 Å². The van der Waals surface area contributed by atoms with E-state index in [0.717, 1.165) is 0 Å². The first-order valence-electron chi connectivity index (χ1n) is 7.91. The van der Waals surface area contributed by atoms with Crippen molar-refractivity contribution < 1.29 is 28.3 Å². The van der Waals surface area contributed by atoms with E-state index in [0.29, 0.717) is 16.3 Å². The van der Waals surface area contributed by atoms with Crippen molar-refractivity contribution in [2.45, 2.75) is 48.8 Å². The smallest absolute Gasteiger partial charge is 0.386 e. The van der Waals surface area contributed by atoms with Crippen molar-refractivity contribution in [1.82, 2.24) is 19.5 Å². The van der Waals surface area contributed by atoms with E-state index < -0.39 is 32.4 Å². The van der Waals surface area contributed by atoms with Crippen LogP contribution in [0.3, 0.4) is 0 Å². The van der Waals surface area contributed by atoms with Gasteiger partial charge in [0.2, 0.25) is 0 Å². The lowest BCUT2D eigenvalue weighted by Gasteiger charge is -2.27. The number of aromatic nitrogens is 4. The van der Waals surface area contributed by atoms with Crippen LogP contribution in [0.5, 0.6) is 0 Å². The van der Waals surface area contributed by atoms with Crippen molar-refractivity contribution in [3.8, 4) is 0 Å². The van der Waals surface area contributed by atoms with Gasteiger partial charge in [0.1, 0.15) is 24.6 Å². The Morgan fingerprint density at radius 1 is 1.46 bits per heavy atom. The molecule has 0 bridgehead atoms. The molecule has 2 fully saturated rings. The van der Waals surface area contributed by atoms with Crippen molar-refractivity contribution in [3.05, 3.63) is 6.33 Å². The quantitative estimate of drug-likeness (QED) is 0.489. The second-order valence-electron chi connectivity index (χ2n) is 6.25. The summed E-state index contributed by atoms with van der Waals surface area (Å²) in [5.41, 5.74) is 6.70. The Morgan fingerprint density at radius 3 is 2.96 bits per heavy atom. The normalized spacial score (nSPS) is 34.5. The molecule has 11 nitrogen and oxygen atoms in total. The van der Waals surface area contributed by atoms with Gasteiger partial charge in [-0.1, -0.05) is 25.6 Å². The maximum Gasteiger partial charge on any atom is 0.472 e. The number of thioether (sulfide) groups is 1. The third kappa shape index (κ3) is 3.01. The van der Waals surface area contributed by atoms with Crippen LogP contribution in [0.2, 0.25) is 0 Å². The first-order valence-corrected chi connectivity index (χ1v) is 10.3. The number of phosphoric ester groups is 1. The highest BCUT2D eigenvalue weighted by atomic mass is 32.2. The van der Waals surface area contributed by atoms with E-state index in [9.17, 15) is 14.6 Å². The molecule has 0 aliphatic carbocycles. The first-order chi connectivity index (χ1) is 12.3. The summed E-state index contributed by atoms with van der Waals surface area (Å²) in [4.78, 5) is 22.2. The third-order valence-corrected chi connectivity index (χ3v) is 5.99. The molecule has 4 N–H and O–H groups in total. The van der Waals surface area contributed by atoms with E-state index in [2.05, 4.69) is 15.0 Å². The Bertz CT molecular complexity index is 893. The molecule has 0 spiro atoms. The summed E-state index contributed by atoms with van der Waals surface area (Å²) < 4.78 is 28.9. The number of nitrogens with zero attached hydrogens (tertiary/aromatic N) is 4. The van der Waals surface area contributed by atoms with E-state index in [1.54, 1.807) is 4.57 Å². The molecule has 2 aromatic rings. The zero-order valence-electron chi connectivity index (χ0n) is 13.9. The van der Waals surface area contributed by atoms with Crippen LogP contribution in [0.4, 0.5) is 5.82 Å². The molecule has 2 aliphatic rings. The number of hydrogen-bond acceptors (Lipinski definition) is 10. The standard InChI is InChI=1S/C13H18N5O6PS/c1-5(2)26-13-17-7-10(14)15-4-16-11(7)18(13)12-8(19)9-6(23-12)3-22-25(20,21)24-9/h4-6,8-9,12,19H,3H2,1-2H3,(H,20,21)(H2,14,15,16)/t6-,8-,9-,12-/m1/s1. The van der Waals surface area contributed by atoms with Crippen LogP contribution in [-0.2, 0) is 18.3 Å². The average molecular weight is 403 g/mol. The van der Waals surface area contributed by atoms with Crippen LogP contribution in [0, 0.1) is 0 Å². The number of rotatable bonds is 3. The minimum atomic E-state index is -4.20. The number of nitrogens with two attached hydrogens (primary N) is 1. The fourth-order valence-electron chi connectivity index (χ4n) is 2.98. The molecule has 0 radical (unpaired) electrons. The molecule has 2 aromatic heterocycles. The van der Waals surface area contributed by atoms with Gasteiger partial charge < -0.3 is 20.5 Å². The molecule has 142 valence electrons. The predicted octanol–water partition coefficient (Wildman–Crippen LogP) is 0.683. The lowest BCUT2D eigenvalue weighted by Crippen LogP contribution is -2.39. The summed E-state index contributed by atoms with van der Waals surface area (Å²) >= 11 is 1.44. The number of imidazole rings is 1. The number of nitrogen functional groups attached to an aromatic ring is 1. The van der Waals surface area contributed by atoms with E-state index in [1.165, 1.54) is 18.1 Å². The Labute approximate surface area is 152 Å². The Morgan fingerprint density at radius 2 is 2.23 bits per heavy atom. The van der Waals surface area contributed by atoms with Gasteiger partial charge in [-0.2, -0.15) is 0 Å². The van der Waals surface area contributed by atoms with Crippen molar-refractivity contribution in [3.63, 3.8) is 0 Å². The van der Waals surface area contributed by atoms with Crippen molar-refractivity contribution in [2.75, 3.05) is 12.3 Å². The number of fused-ring (bicyclic) bond motifs is 2. The number of phosphoric acid groups is 1. The maximum atomic E-state index is 11.7. The minimum Gasteiger partial charge on any atom is -0.386 e. The van der Waals surface area contributed by atoms with Gasteiger partial charge in [-0.25, -0.2) is 19.5 Å². The van der Waals surface area contributed by atoms with Crippen LogP contribution in [0.25, 0.3) is 11.2 Å². The second kappa shape index (κ2) is 6.41. The predicted molar refractivity (Wildman–Crippen MR) is 91.3 cm³/mol. The monoisotopic (exact) mass is 403 g/mol. The summed E-state index contributed by atoms with van der Waals surface area (Å²) in [5.74, 6) is 0.212. The third-order valence-electron chi connectivity index (χ3n) is 4.03. The lowest BCUT2D eigenvalue weighted by molar-refractivity contribution is -0.0684. The molecule has 0 saturated carbocycles. The zero-order valence-corrected chi connectivity index (χ0v) is 15.6. The summed E-state index contributed by atoms with van der Waals surface area (Å²) in [6.45, 7) is 3.82. The molecule has 2 saturated heterocycles. The van der Waals surface area contributed by atoms with Crippen LogP contribution >= 0.6 is 19.6 Å². The molecular weight excluding hydrogens is 385 g/mol. The summed E-state index contributed by atoms with van der Waals surface area (Å²) in [5, 5.41) is 11.4. The number of anilines is 1. The molecule has 13 heteroatoms. The SMILES string of the molecule is CC(C)Sc1nc2c(N)ncnc2n1[C@@H]1O[C@@H]2COP(=O)(O)O[C@H]2[C@H]1O. The van der Waals surface area contributed by atoms with Crippen LogP contribution in [0.1, 0.15) is 20.1 Å². The van der Waals surface area contributed by atoms with E-state index in [1.807, 2.05) is 13.8 Å². The van der Waals surface area contributed by atoms with Crippen LogP contribution in [0.15, 0.2) is 11.5 Å². The van der Waals surface area contributed by atoms with Crippen molar-refractivity contribution >= 4 is 36.6 Å². The highest BCUT2D eigenvalue weighted by Crippen LogP contribution is 2.53. The fraction of sp³-hybridized carbons (Fsp3) is 0.615. The summed E-state index contributed by atoms with van der Waals surface area (Å²) in [6.07, 6.45) is -2.54. The average Bonchev–Trinajstić information content (AvgIpc) is 3.05. The van der Waals surface area contributed by atoms with Crippen molar-refractivity contribution in [2.24, 2.45) is 0 Å². The molecule has 1 unspecified atom stereocenters. The van der Waals surface area contributed by atoms with Crippen molar-refractivity contribution in [1.29, 1.82) is 0 Å². The number of hydrogen-bond donors (Lipinski definition) is 3. The van der Waals surface area contributed by atoms with E-state index >= 15 is 0 Å². The number of ether oxygens (including phenoxy) is 1. The Kier molecular flexibility index (Phi) is 4.47. The fourth-order valence-corrected chi connectivity index (χ4v) is 4.81. The zero-order chi connectivity index (χ0) is 18.6. The van der Waals surface area contributed by atoms with E-state index in [4.69, 9.17) is 19.5 Å². The summed E-state index contributed by atoms with van der Waals surface area (Å²) in [6, 6.07) is 0. The Hall–Kier alpha value is -1.27. The largest absolute Gasteiger partial charge is 0.472 e. The minimum absolute atomic E-state index is 0.164. The molecule has 2 aliphatic heterocycles. The van der Waals surface area contributed by atoms with Gasteiger partial charge in [-0.05, 0) is 0 Å². The molecule has 0 amide bonds. The van der Waals surface area contributed by atoms with Gasteiger partial charge in [0.25, 0.3) is 0 Å². The highest BCUT2D eigenvalue weighted by molar-refractivity contribution is 7.99. The van der Waals surface area contributed by atoms with Gasteiger partial charge in [0, 0.05) is 5.25 Å². The number of aliphatic hydroxyl groups is 1. The summed E-state index contributed by atoms with van der Waals surface area (Å²) in [7, 11) is -4.20. The van der Waals surface area contributed by atoms with Gasteiger partial charge in [-0.3, -0.25) is 13.6 Å². The number of aliphatic hydroxyl groups excluding tert-OH is 1. The molecule has 26 heavy (non-hydrogen) atoms. The highest BCUT2D eigenvalue weighted by Gasteiger charge is 2.53. The molecule has 4 rings (SSSR count). The first kappa shape index (κ1) is 18.1. The lowest BCUT2D eigenvalue weighted by atomic mass is 10.1. The van der Waals surface area contributed by atoms with Gasteiger partial charge in [0.05, 0.1) is 6.61 Å². The van der Waals surface area contributed by atoms with E-state index in [-0.39, 0.29) is 17.7 Å². The van der Waals surface area contributed by atoms with Gasteiger partial charge in [-0.15, -0.1) is 0 Å². The molecule has 4 heterocycles. The molecule has 0 aromatic carbocycles. The molecular formula is C13H18N5O6PS. The molecule has 5 atom stereocenters. The maximum absolute atomic E-state index is 11.7. The van der Waals surface area contributed by atoms with Crippen LogP contribution in [-0.4, -0.2) is 59.7 Å². The van der Waals surface area contributed by atoms with Gasteiger partial charge in [0.15, 0.2) is 28.4 Å².